The number of aliphatic carboxylic acids is 2. The van der Waals surface area contributed by atoms with Gasteiger partial charge in [0.1, 0.15) is 0 Å². The smallest absolute Gasteiger partial charge is 0.306 e. The first kappa shape index (κ1) is 18.4. The molecule has 0 radical (unpaired) electrons. The normalized spacial score (nSPS) is 15.2. The van der Waals surface area contributed by atoms with Crippen LogP contribution in [0.25, 0.3) is 0 Å². The van der Waals surface area contributed by atoms with Crippen molar-refractivity contribution in [2.75, 3.05) is 0 Å². The van der Waals surface area contributed by atoms with Crippen LogP contribution in [0.2, 0.25) is 0 Å². The zero-order valence-electron chi connectivity index (χ0n) is 12.0. The lowest BCUT2D eigenvalue weighted by atomic mass is 10.0. The number of hydrogen-bond donors (Lipinski definition) is 4. The molecule has 3 unspecified atom stereocenters. The second-order valence-electron chi connectivity index (χ2n) is 5.12. The lowest BCUT2D eigenvalue weighted by Crippen LogP contribution is -2.44. The van der Waals surface area contributed by atoms with Crippen LogP contribution in [-0.4, -0.2) is 40.1 Å². The van der Waals surface area contributed by atoms with Gasteiger partial charge in [0.2, 0.25) is 5.91 Å². The molecule has 1 amide bonds. The van der Waals surface area contributed by atoms with E-state index in [0.29, 0.717) is 19.3 Å². The van der Waals surface area contributed by atoms with E-state index in [1.54, 1.807) is 6.92 Å². The van der Waals surface area contributed by atoms with Crippen molar-refractivity contribution in [1.29, 1.82) is 0 Å². The van der Waals surface area contributed by atoms with Crippen molar-refractivity contribution in [1.82, 2.24) is 5.32 Å². The van der Waals surface area contributed by atoms with Crippen molar-refractivity contribution < 1.29 is 24.6 Å². The molecule has 0 fully saturated rings. The molecule has 0 aliphatic carbocycles. The fourth-order valence-corrected chi connectivity index (χ4v) is 1.69. The molecule has 0 rings (SSSR count). The van der Waals surface area contributed by atoms with E-state index in [0.717, 1.165) is 0 Å². The summed E-state index contributed by atoms with van der Waals surface area (Å²) in [5.74, 6) is -2.57. The van der Waals surface area contributed by atoms with E-state index < -0.39 is 23.9 Å². The van der Waals surface area contributed by atoms with Crippen LogP contribution in [0.15, 0.2) is 0 Å². The van der Waals surface area contributed by atoms with Gasteiger partial charge in [0.15, 0.2) is 0 Å². The zero-order chi connectivity index (χ0) is 15.7. The van der Waals surface area contributed by atoms with Crippen LogP contribution in [0.1, 0.15) is 46.0 Å². The van der Waals surface area contributed by atoms with Gasteiger partial charge in [0, 0.05) is 12.5 Å². The highest BCUT2D eigenvalue weighted by molar-refractivity contribution is 5.82. The molecular formula is C13H24N2O5. The van der Waals surface area contributed by atoms with E-state index in [2.05, 4.69) is 5.32 Å². The maximum absolute atomic E-state index is 11.6. The number of nitrogens with two attached hydrogens (primary N) is 1. The van der Waals surface area contributed by atoms with Crippen molar-refractivity contribution in [3.05, 3.63) is 0 Å². The van der Waals surface area contributed by atoms with E-state index >= 15 is 0 Å². The fourth-order valence-electron chi connectivity index (χ4n) is 1.69. The van der Waals surface area contributed by atoms with Gasteiger partial charge in [-0.15, -0.1) is 0 Å². The van der Waals surface area contributed by atoms with E-state index in [1.165, 1.54) is 0 Å². The van der Waals surface area contributed by atoms with Gasteiger partial charge in [0.25, 0.3) is 0 Å². The van der Waals surface area contributed by atoms with Crippen molar-refractivity contribution in [3.63, 3.8) is 0 Å². The first-order chi connectivity index (χ1) is 9.23. The van der Waals surface area contributed by atoms with Crippen molar-refractivity contribution in [3.8, 4) is 0 Å². The van der Waals surface area contributed by atoms with E-state index in [1.807, 2.05) is 6.92 Å². The number of carboxylic acid groups (broad SMARTS) is 2. The highest BCUT2D eigenvalue weighted by Gasteiger charge is 2.17. The second kappa shape index (κ2) is 9.30. The summed E-state index contributed by atoms with van der Waals surface area (Å²) in [7, 11) is 0. The highest BCUT2D eigenvalue weighted by Crippen LogP contribution is 2.09. The topological polar surface area (TPSA) is 130 Å². The Labute approximate surface area is 118 Å². The number of carboxylic acids is 2. The van der Waals surface area contributed by atoms with Crippen LogP contribution >= 0.6 is 0 Å². The molecule has 0 aromatic carbocycles. The molecule has 0 aromatic heterocycles. The van der Waals surface area contributed by atoms with Crippen LogP contribution in [0.4, 0.5) is 0 Å². The fraction of sp³-hybridized carbons (Fsp3) is 0.769. The summed E-state index contributed by atoms with van der Waals surface area (Å²) in [5.41, 5.74) is 5.58. The molecule has 3 atom stereocenters. The first-order valence-corrected chi connectivity index (χ1v) is 6.74. The zero-order valence-corrected chi connectivity index (χ0v) is 12.0. The van der Waals surface area contributed by atoms with Crippen molar-refractivity contribution in [2.24, 2.45) is 11.7 Å². The third kappa shape index (κ3) is 8.47. The molecule has 0 spiro atoms. The summed E-state index contributed by atoms with van der Waals surface area (Å²) in [6, 6.07) is -0.939. The number of nitrogens with one attached hydrogen (secondary N) is 1. The molecule has 0 aromatic rings. The molecule has 116 valence electrons. The van der Waals surface area contributed by atoms with Crippen molar-refractivity contribution in [2.45, 2.75) is 58.0 Å². The maximum Gasteiger partial charge on any atom is 0.306 e. The van der Waals surface area contributed by atoms with Gasteiger partial charge in [0.05, 0.1) is 12.0 Å². The summed E-state index contributed by atoms with van der Waals surface area (Å²) < 4.78 is 0. The van der Waals surface area contributed by atoms with Gasteiger partial charge in [-0.1, -0.05) is 13.3 Å². The van der Waals surface area contributed by atoms with Gasteiger partial charge >= 0.3 is 11.9 Å². The van der Waals surface area contributed by atoms with Crippen LogP contribution in [0, 0.1) is 5.92 Å². The summed E-state index contributed by atoms with van der Waals surface area (Å²) in [6.45, 7) is 3.46. The van der Waals surface area contributed by atoms with Gasteiger partial charge in [-0.3, -0.25) is 14.4 Å². The third-order valence-electron chi connectivity index (χ3n) is 3.09. The lowest BCUT2D eigenvalue weighted by Gasteiger charge is -2.17. The van der Waals surface area contributed by atoms with E-state index in [-0.39, 0.29) is 24.8 Å². The van der Waals surface area contributed by atoms with Gasteiger partial charge in [-0.25, -0.2) is 0 Å². The molecule has 0 bridgehead atoms. The SMILES string of the molecule is CC(CCCC(C)C(=O)O)NC(=O)C(N)CCC(=O)O. The van der Waals surface area contributed by atoms with Gasteiger partial charge in [-0.05, 0) is 26.2 Å². The minimum absolute atomic E-state index is 0.101. The number of rotatable bonds is 10. The lowest BCUT2D eigenvalue weighted by molar-refractivity contribution is -0.141. The second-order valence-corrected chi connectivity index (χ2v) is 5.12. The molecule has 0 saturated heterocycles. The Kier molecular flexibility index (Phi) is 8.54. The minimum Gasteiger partial charge on any atom is -0.481 e. The number of carbonyl (C=O) groups excluding carboxylic acids is 1. The molecule has 5 N–H and O–H groups in total. The summed E-state index contributed by atoms with van der Waals surface area (Å²) in [4.78, 5) is 32.7. The van der Waals surface area contributed by atoms with Crippen LogP contribution in [0.3, 0.4) is 0 Å². The third-order valence-corrected chi connectivity index (χ3v) is 3.09. The van der Waals surface area contributed by atoms with Gasteiger partial charge in [-0.2, -0.15) is 0 Å². The Hall–Kier alpha value is -1.63. The predicted molar refractivity (Wildman–Crippen MR) is 73.1 cm³/mol. The Morgan fingerprint density at radius 3 is 2.20 bits per heavy atom. The average Bonchev–Trinajstić information content (AvgIpc) is 2.35. The molecule has 7 nitrogen and oxygen atoms in total. The largest absolute Gasteiger partial charge is 0.481 e. The summed E-state index contributed by atoms with van der Waals surface area (Å²) in [6.07, 6.45) is 1.87. The van der Waals surface area contributed by atoms with Crippen LogP contribution < -0.4 is 11.1 Å². The van der Waals surface area contributed by atoms with E-state index in [4.69, 9.17) is 15.9 Å². The average molecular weight is 288 g/mol. The molecule has 0 aliphatic heterocycles. The number of hydrogen-bond acceptors (Lipinski definition) is 4. The Balaban J connectivity index is 3.89. The molecule has 0 heterocycles. The minimum atomic E-state index is -0.982. The summed E-state index contributed by atoms with van der Waals surface area (Å²) in [5, 5.41) is 19.9. The monoisotopic (exact) mass is 288 g/mol. The number of amides is 1. The standard InChI is InChI=1S/C13H24N2O5/c1-8(13(19)20)4-3-5-9(2)15-12(18)10(14)6-7-11(16)17/h8-10H,3-7,14H2,1-2H3,(H,15,18)(H,16,17)(H,19,20). The Morgan fingerprint density at radius 1 is 1.10 bits per heavy atom. The Bertz CT molecular complexity index is 346. The quantitative estimate of drug-likeness (QED) is 0.465. The highest BCUT2D eigenvalue weighted by atomic mass is 16.4. The molecule has 0 saturated carbocycles. The first-order valence-electron chi connectivity index (χ1n) is 6.74. The van der Waals surface area contributed by atoms with Crippen molar-refractivity contribution >= 4 is 17.8 Å². The van der Waals surface area contributed by atoms with E-state index in [9.17, 15) is 14.4 Å². The Morgan fingerprint density at radius 2 is 1.70 bits per heavy atom. The molecular weight excluding hydrogens is 264 g/mol. The predicted octanol–water partition coefficient (Wildman–Crippen LogP) is 0.574. The molecule has 20 heavy (non-hydrogen) atoms. The molecule has 0 aliphatic rings. The summed E-state index contributed by atoms with van der Waals surface area (Å²) >= 11 is 0. The number of carbonyl (C=O) groups is 3. The van der Waals surface area contributed by atoms with Crippen LogP contribution in [-0.2, 0) is 14.4 Å². The molecule has 7 heteroatoms. The van der Waals surface area contributed by atoms with Crippen LogP contribution in [0.5, 0.6) is 0 Å². The maximum atomic E-state index is 11.6. The van der Waals surface area contributed by atoms with Gasteiger partial charge < -0.3 is 21.3 Å².